The lowest BCUT2D eigenvalue weighted by Gasteiger charge is -2.31. The molecule has 0 amide bonds. The van der Waals surface area contributed by atoms with Gasteiger partial charge in [-0.2, -0.15) is 0 Å². The summed E-state index contributed by atoms with van der Waals surface area (Å²) < 4.78 is 5.26. The Morgan fingerprint density at radius 2 is 1.69 bits per heavy atom. The molecule has 0 unspecified atom stereocenters. The highest BCUT2D eigenvalue weighted by Gasteiger charge is 2.26. The van der Waals surface area contributed by atoms with Gasteiger partial charge in [0.25, 0.3) is 0 Å². The maximum Gasteiger partial charge on any atom is 0.0571 e. The second-order valence-corrected chi connectivity index (χ2v) is 3.90. The van der Waals surface area contributed by atoms with Crippen molar-refractivity contribution in [2.24, 2.45) is 11.8 Å². The number of aliphatic hydroxyl groups excluding tert-OH is 2. The quantitative estimate of drug-likeness (QED) is 0.686. The molecule has 3 heteroatoms. The summed E-state index contributed by atoms with van der Waals surface area (Å²) in [5.74, 6) is 0.569. The zero-order valence-electron chi connectivity index (χ0n) is 8.28. The molecule has 0 aromatic carbocycles. The average Bonchev–Trinajstić information content (AvgIpc) is 2.21. The van der Waals surface area contributed by atoms with E-state index in [4.69, 9.17) is 14.9 Å². The van der Waals surface area contributed by atoms with E-state index in [-0.39, 0.29) is 19.1 Å². The van der Waals surface area contributed by atoms with Gasteiger partial charge in [-0.05, 0) is 31.6 Å². The first-order valence-corrected chi connectivity index (χ1v) is 5.06. The third-order valence-electron chi connectivity index (χ3n) is 3.19. The van der Waals surface area contributed by atoms with Gasteiger partial charge in [-0.3, -0.25) is 0 Å². The molecule has 0 aromatic rings. The summed E-state index contributed by atoms with van der Waals surface area (Å²) in [7, 11) is 1.75. The molecule has 0 radical (unpaired) electrons. The average molecular weight is 188 g/mol. The lowest BCUT2D eigenvalue weighted by molar-refractivity contribution is 0.0251. The minimum Gasteiger partial charge on any atom is -0.396 e. The summed E-state index contributed by atoms with van der Waals surface area (Å²) in [4.78, 5) is 0. The first kappa shape index (κ1) is 11.0. The summed E-state index contributed by atoms with van der Waals surface area (Å²) in [5.41, 5.74) is 0. The van der Waals surface area contributed by atoms with Crippen LogP contribution in [0, 0.1) is 11.8 Å². The standard InChI is InChI=1S/C10H20O3/c1-13-10-4-2-8(3-5-10)9(6-11)7-12/h8-12H,2-7H2,1H3/t8-,10-. The van der Waals surface area contributed by atoms with Gasteiger partial charge < -0.3 is 14.9 Å². The maximum absolute atomic E-state index is 9.01. The molecule has 2 N–H and O–H groups in total. The van der Waals surface area contributed by atoms with Gasteiger partial charge in [-0.1, -0.05) is 0 Å². The van der Waals surface area contributed by atoms with Crippen molar-refractivity contribution in [2.75, 3.05) is 20.3 Å². The summed E-state index contributed by atoms with van der Waals surface area (Å²) in [6, 6.07) is 0. The van der Waals surface area contributed by atoms with E-state index >= 15 is 0 Å². The molecular weight excluding hydrogens is 168 g/mol. The van der Waals surface area contributed by atoms with Crippen molar-refractivity contribution in [1.29, 1.82) is 0 Å². The van der Waals surface area contributed by atoms with Crippen LogP contribution in [-0.4, -0.2) is 36.6 Å². The lowest BCUT2D eigenvalue weighted by atomic mass is 9.79. The monoisotopic (exact) mass is 188 g/mol. The third kappa shape index (κ3) is 2.93. The maximum atomic E-state index is 9.01. The van der Waals surface area contributed by atoms with E-state index in [0.717, 1.165) is 25.7 Å². The fourth-order valence-corrected chi connectivity index (χ4v) is 2.15. The number of hydrogen-bond donors (Lipinski definition) is 2. The lowest BCUT2D eigenvalue weighted by Crippen LogP contribution is -2.29. The SMILES string of the molecule is CO[C@H]1CC[C@H](C(CO)CO)CC1. The summed E-state index contributed by atoms with van der Waals surface area (Å²) in [6.45, 7) is 0.220. The molecule has 1 saturated carbocycles. The van der Waals surface area contributed by atoms with Crippen LogP contribution in [0.1, 0.15) is 25.7 Å². The van der Waals surface area contributed by atoms with Crippen molar-refractivity contribution < 1.29 is 14.9 Å². The van der Waals surface area contributed by atoms with Gasteiger partial charge in [0.1, 0.15) is 0 Å². The number of aliphatic hydroxyl groups is 2. The molecule has 78 valence electrons. The Kier molecular flexibility index (Phi) is 4.70. The molecule has 13 heavy (non-hydrogen) atoms. The van der Waals surface area contributed by atoms with Gasteiger partial charge in [-0.25, -0.2) is 0 Å². The van der Waals surface area contributed by atoms with Crippen molar-refractivity contribution in [3.05, 3.63) is 0 Å². The van der Waals surface area contributed by atoms with Gasteiger partial charge in [-0.15, -0.1) is 0 Å². The van der Waals surface area contributed by atoms with E-state index in [1.165, 1.54) is 0 Å². The Morgan fingerprint density at radius 3 is 2.08 bits per heavy atom. The largest absolute Gasteiger partial charge is 0.396 e. The van der Waals surface area contributed by atoms with Gasteiger partial charge in [0.2, 0.25) is 0 Å². The van der Waals surface area contributed by atoms with Crippen molar-refractivity contribution in [3.8, 4) is 0 Å². The first-order valence-electron chi connectivity index (χ1n) is 5.06. The van der Waals surface area contributed by atoms with Crippen LogP contribution >= 0.6 is 0 Å². The van der Waals surface area contributed by atoms with Gasteiger partial charge in [0, 0.05) is 26.2 Å². The summed E-state index contributed by atoms with van der Waals surface area (Å²) in [5, 5.41) is 18.0. The fraction of sp³-hybridized carbons (Fsp3) is 1.00. The summed E-state index contributed by atoms with van der Waals surface area (Å²) in [6.07, 6.45) is 4.68. The van der Waals surface area contributed by atoms with E-state index in [1.54, 1.807) is 7.11 Å². The van der Waals surface area contributed by atoms with E-state index < -0.39 is 0 Å². The van der Waals surface area contributed by atoms with Crippen molar-refractivity contribution in [3.63, 3.8) is 0 Å². The molecule has 0 aromatic heterocycles. The Labute approximate surface area is 79.7 Å². The third-order valence-corrected chi connectivity index (χ3v) is 3.19. The van der Waals surface area contributed by atoms with Crippen LogP contribution in [0.25, 0.3) is 0 Å². The normalized spacial score (nSPS) is 29.5. The zero-order valence-corrected chi connectivity index (χ0v) is 8.28. The minimum absolute atomic E-state index is 0.0813. The van der Waals surface area contributed by atoms with Crippen LogP contribution in [-0.2, 0) is 4.74 Å². The Morgan fingerprint density at radius 1 is 1.15 bits per heavy atom. The van der Waals surface area contributed by atoms with Crippen LogP contribution in [0.2, 0.25) is 0 Å². The highest BCUT2D eigenvalue weighted by atomic mass is 16.5. The molecule has 0 heterocycles. The predicted octanol–water partition coefficient (Wildman–Crippen LogP) is 0.792. The number of hydrogen-bond acceptors (Lipinski definition) is 3. The number of methoxy groups -OCH3 is 1. The van der Waals surface area contributed by atoms with Crippen molar-refractivity contribution >= 4 is 0 Å². The Balaban J connectivity index is 2.30. The van der Waals surface area contributed by atoms with Gasteiger partial charge >= 0.3 is 0 Å². The molecule has 1 rings (SSSR count). The molecule has 0 aliphatic heterocycles. The highest BCUT2D eigenvalue weighted by molar-refractivity contribution is 4.77. The first-order chi connectivity index (χ1) is 6.31. The number of ether oxygens (including phenoxy) is 1. The molecule has 3 nitrogen and oxygen atoms in total. The second kappa shape index (κ2) is 5.58. The summed E-state index contributed by atoms with van der Waals surface area (Å²) >= 11 is 0. The molecule has 1 aliphatic rings. The Bertz CT molecular complexity index is 126. The van der Waals surface area contributed by atoms with Crippen molar-refractivity contribution in [2.45, 2.75) is 31.8 Å². The van der Waals surface area contributed by atoms with Crippen LogP contribution < -0.4 is 0 Å². The van der Waals surface area contributed by atoms with Gasteiger partial charge in [0.15, 0.2) is 0 Å². The fourth-order valence-electron chi connectivity index (χ4n) is 2.15. The van der Waals surface area contributed by atoms with E-state index in [9.17, 15) is 0 Å². The molecular formula is C10H20O3. The second-order valence-electron chi connectivity index (χ2n) is 3.90. The van der Waals surface area contributed by atoms with Gasteiger partial charge in [0.05, 0.1) is 6.10 Å². The highest BCUT2D eigenvalue weighted by Crippen LogP contribution is 2.30. The van der Waals surface area contributed by atoms with Crippen LogP contribution in [0.3, 0.4) is 0 Å². The molecule has 0 saturated heterocycles. The van der Waals surface area contributed by atoms with E-state index in [1.807, 2.05) is 0 Å². The minimum atomic E-state index is 0.0813. The van der Waals surface area contributed by atoms with Crippen LogP contribution in [0.4, 0.5) is 0 Å². The smallest absolute Gasteiger partial charge is 0.0571 e. The van der Waals surface area contributed by atoms with E-state index in [2.05, 4.69) is 0 Å². The molecule has 0 atom stereocenters. The topological polar surface area (TPSA) is 49.7 Å². The van der Waals surface area contributed by atoms with Crippen LogP contribution in [0.5, 0.6) is 0 Å². The van der Waals surface area contributed by atoms with E-state index in [0.29, 0.717) is 12.0 Å². The molecule has 0 spiro atoms. The van der Waals surface area contributed by atoms with Crippen LogP contribution in [0.15, 0.2) is 0 Å². The molecule has 1 fully saturated rings. The number of rotatable bonds is 4. The molecule has 1 aliphatic carbocycles. The Hall–Kier alpha value is -0.120. The van der Waals surface area contributed by atoms with Crippen molar-refractivity contribution in [1.82, 2.24) is 0 Å². The molecule has 0 bridgehead atoms. The zero-order chi connectivity index (χ0) is 9.68. The predicted molar refractivity (Wildman–Crippen MR) is 50.4 cm³/mol.